The van der Waals surface area contributed by atoms with Gasteiger partial charge in [-0.2, -0.15) is 0 Å². The number of hydrogen-bond acceptors (Lipinski definition) is 2. The molecule has 17 heavy (non-hydrogen) atoms. The molecule has 0 heterocycles. The quantitative estimate of drug-likeness (QED) is 0.789. The molecule has 0 aromatic rings. The summed E-state index contributed by atoms with van der Waals surface area (Å²) in [7, 11) is 0. The molecular formula is C14H26N2O. The van der Waals surface area contributed by atoms with Crippen LogP contribution in [0.3, 0.4) is 0 Å². The first-order valence-corrected chi connectivity index (χ1v) is 7.32. The normalized spacial score (nSPS) is 24.8. The average Bonchev–Trinajstić information content (AvgIpc) is 2.83. The zero-order valence-electron chi connectivity index (χ0n) is 11.0. The fourth-order valence-corrected chi connectivity index (χ4v) is 3.09. The first kappa shape index (κ1) is 12.9. The largest absolute Gasteiger partial charge is 0.352 e. The minimum absolute atomic E-state index is 0.0290. The van der Waals surface area contributed by atoms with Gasteiger partial charge in [0, 0.05) is 12.1 Å². The highest BCUT2D eigenvalue weighted by Gasteiger charge is 2.23. The van der Waals surface area contributed by atoms with Crippen LogP contribution in [0, 0.1) is 0 Å². The van der Waals surface area contributed by atoms with Gasteiger partial charge in [0.2, 0.25) is 5.91 Å². The molecule has 0 aromatic carbocycles. The lowest BCUT2D eigenvalue weighted by Crippen LogP contribution is -2.49. The molecule has 0 bridgehead atoms. The van der Waals surface area contributed by atoms with Crippen LogP contribution >= 0.6 is 0 Å². The van der Waals surface area contributed by atoms with Crippen molar-refractivity contribution < 1.29 is 4.79 Å². The summed E-state index contributed by atoms with van der Waals surface area (Å²) in [5.74, 6) is 0.197. The smallest absolute Gasteiger partial charge is 0.237 e. The summed E-state index contributed by atoms with van der Waals surface area (Å²) in [6, 6.07) is 0.977. The summed E-state index contributed by atoms with van der Waals surface area (Å²) in [6.45, 7) is 2.00. The van der Waals surface area contributed by atoms with Gasteiger partial charge < -0.3 is 10.6 Å². The Hall–Kier alpha value is -0.570. The second-order valence-corrected chi connectivity index (χ2v) is 5.71. The maximum atomic E-state index is 12.0. The van der Waals surface area contributed by atoms with Crippen LogP contribution in [-0.2, 0) is 4.79 Å². The molecule has 0 saturated heterocycles. The van der Waals surface area contributed by atoms with Crippen molar-refractivity contribution in [2.45, 2.75) is 82.8 Å². The first-order valence-electron chi connectivity index (χ1n) is 7.32. The van der Waals surface area contributed by atoms with Crippen molar-refractivity contribution >= 4 is 5.91 Å². The minimum atomic E-state index is -0.0290. The van der Waals surface area contributed by atoms with E-state index in [4.69, 9.17) is 0 Å². The fraction of sp³-hybridized carbons (Fsp3) is 0.929. The number of nitrogens with one attached hydrogen (secondary N) is 2. The van der Waals surface area contributed by atoms with Gasteiger partial charge in [-0.3, -0.25) is 4.79 Å². The molecule has 2 N–H and O–H groups in total. The van der Waals surface area contributed by atoms with Gasteiger partial charge in [0.05, 0.1) is 6.04 Å². The Morgan fingerprint density at radius 1 is 0.941 bits per heavy atom. The standard InChI is InChI=1S/C14H26N2O/c1-11(15-12-7-3-2-4-8-12)14(17)16-13-9-5-6-10-13/h11-13,15H,2-10H2,1H3,(H,16,17)/t11-/m1/s1. The van der Waals surface area contributed by atoms with Crippen LogP contribution in [0.2, 0.25) is 0 Å². The Labute approximate surface area is 105 Å². The summed E-state index contributed by atoms with van der Waals surface area (Å²) in [4.78, 5) is 12.0. The maximum absolute atomic E-state index is 12.0. The van der Waals surface area contributed by atoms with Crippen LogP contribution in [0.25, 0.3) is 0 Å². The van der Waals surface area contributed by atoms with Gasteiger partial charge in [-0.15, -0.1) is 0 Å². The van der Waals surface area contributed by atoms with Crippen LogP contribution in [0.4, 0.5) is 0 Å². The van der Waals surface area contributed by atoms with Crippen molar-refractivity contribution in [1.82, 2.24) is 10.6 Å². The molecule has 0 unspecified atom stereocenters. The minimum Gasteiger partial charge on any atom is -0.352 e. The topological polar surface area (TPSA) is 41.1 Å². The third kappa shape index (κ3) is 3.98. The molecule has 0 aromatic heterocycles. The van der Waals surface area contributed by atoms with Crippen LogP contribution < -0.4 is 10.6 Å². The second kappa shape index (κ2) is 6.39. The highest BCUT2D eigenvalue weighted by atomic mass is 16.2. The lowest BCUT2D eigenvalue weighted by Gasteiger charge is -2.26. The van der Waals surface area contributed by atoms with E-state index in [-0.39, 0.29) is 11.9 Å². The van der Waals surface area contributed by atoms with E-state index in [1.54, 1.807) is 0 Å². The van der Waals surface area contributed by atoms with Gasteiger partial charge in [-0.05, 0) is 32.6 Å². The molecule has 3 heteroatoms. The molecule has 0 radical (unpaired) electrons. The molecule has 1 atom stereocenters. The van der Waals surface area contributed by atoms with E-state index < -0.39 is 0 Å². The third-order valence-electron chi connectivity index (χ3n) is 4.19. The molecule has 1 amide bonds. The van der Waals surface area contributed by atoms with E-state index in [1.807, 2.05) is 6.92 Å². The molecule has 98 valence electrons. The van der Waals surface area contributed by atoms with E-state index >= 15 is 0 Å². The second-order valence-electron chi connectivity index (χ2n) is 5.71. The molecule has 3 nitrogen and oxygen atoms in total. The summed E-state index contributed by atoms with van der Waals surface area (Å²) >= 11 is 0. The maximum Gasteiger partial charge on any atom is 0.237 e. The Bertz CT molecular complexity index is 243. The van der Waals surface area contributed by atoms with Crippen LogP contribution in [-0.4, -0.2) is 24.0 Å². The first-order chi connectivity index (χ1) is 8.25. The lowest BCUT2D eigenvalue weighted by atomic mass is 9.95. The SMILES string of the molecule is C[C@@H](NC1CCCCC1)C(=O)NC1CCCC1. The van der Waals surface area contributed by atoms with Crippen LogP contribution in [0.1, 0.15) is 64.7 Å². The summed E-state index contributed by atoms with van der Waals surface area (Å²) in [5.41, 5.74) is 0. The van der Waals surface area contributed by atoms with Crippen molar-refractivity contribution in [2.75, 3.05) is 0 Å². The summed E-state index contributed by atoms with van der Waals surface area (Å²) in [6.07, 6.45) is 11.3. The van der Waals surface area contributed by atoms with Gasteiger partial charge in [0.25, 0.3) is 0 Å². The van der Waals surface area contributed by atoms with Gasteiger partial charge in [0.1, 0.15) is 0 Å². The van der Waals surface area contributed by atoms with Gasteiger partial charge in [-0.1, -0.05) is 32.1 Å². The fourth-order valence-electron chi connectivity index (χ4n) is 3.09. The third-order valence-corrected chi connectivity index (χ3v) is 4.19. The monoisotopic (exact) mass is 238 g/mol. The predicted octanol–water partition coefficient (Wildman–Crippen LogP) is 2.36. The van der Waals surface area contributed by atoms with Crippen LogP contribution in [0.15, 0.2) is 0 Å². The average molecular weight is 238 g/mol. The molecule has 2 saturated carbocycles. The molecule has 0 aliphatic heterocycles. The molecule has 0 spiro atoms. The molecule has 2 rings (SSSR count). The van der Waals surface area contributed by atoms with E-state index in [0.29, 0.717) is 12.1 Å². The Kier molecular flexibility index (Phi) is 4.84. The van der Waals surface area contributed by atoms with Crippen LogP contribution in [0.5, 0.6) is 0 Å². The summed E-state index contributed by atoms with van der Waals surface area (Å²) in [5, 5.41) is 6.65. The predicted molar refractivity (Wildman–Crippen MR) is 69.9 cm³/mol. The van der Waals surface area contributed by atoms with Crippen molar-refractivity contribution in [2.24, 2.45) is 0 Å². The Balaban J connectivity index is 1.70. The number of amides is 1. The number of rotatable bonds is 4. The van der Waals surface area contributed by atoms with Gasteiger partial charge >= 0.3 is 0 Å². The molecule has 2 aliphatic rings. The zero-order valence-corrected chi connectivity index (χ0v) is 11.0. The lowest BCUT2D eigenvalue weighted by molar-refractivity contribution is -0.123. The van der Waals surface area contributed by atoms with E-state index in [2.05, 4.69) is 10.6 Å². The molecule has 2 fully saturated rings. The van der Waals surface area contributed by atoms with Crippen molar-refractivity contribution in [3.63, 3.8) is 0 Å². The van der Waals surface area contributed by atoms with E-state index in [9.17, 15) is 4.79 Å². The van der Waals surface area contributed by atoms with E-state index in [0.717, 1.165) is 0 Å². The van der Waals surface area contributed by atoms with Crippen molar-refractivity contribution in [3.05, 3.63) is 0 Å². The Morgan fingerprint density at radius 2 is 1.47 bits per heavy atom. The van der Waals surface area contributed by atoms with Gasteiger partial charge in [0.15, 0.2) is 0 Å². The molecule has 2 aliphatic carbocycles. The highest BCUT2D eigenvalue weighted by molar-refractivity contribution is 5.81. The van der Waals surface area contributed by atoms with Gasteiger partial charge in [-0.25, -0.2) is 0 Å². The number of hydrogen-bond donors (Lipinski definition) is 2. The van der Waals surface area contributed by atoms with E-state index in [1.165, 1.54) is 57.8 Å². The number of carbonyl (C=O) groups is 1. The zero-order chi connectivity index (χ0) is 12.1. The Morgan fingerprint density at radius 3 is 2.12 bits per heavy atom. The molecular weight excluding hydrogens is 212 g/mol. The van der Waals surface area contributed by atoms with Crippen molar-refractivity contribution in [3.8, 4) is 0 Å². The van der Waals surface area contributed by atoms with Crippen molar-refractivity contribution in [1.29, 1.82) is 0 Å². The number of carbonyl (C=O) groups excluding carboxylic acids is 1. The summed E-state index contributed by atoms with van der Waals surface area (Å²) < 4.78 is 0. The highest BCUT2D eigenvalue weighted by Crippen LogP contribution is 2.19.